The molecule has 0 radical (unpaired) electrons. The molecule has 3 aromatic rings. The fourth-order valence-corrected chi connectivity index (χ4v) is 2.84. The van der Waals surface area contributed by atoms with Crippen LogP contribution in [0.25, 0.3) is 11.1 Å². The molecule has 0 spiro atoms. The van der Waals surface area contributed by atoms with Gasteiger partial charge in [-0.05, 0) is 53.4 Å². The van der Waals surface area contributed by atoms with Crippen LogP contribution >= 0.6 is 11.6 Å². The van der Waals surface area contributed by atoms with Crippen LogP contribution in [0.4, 0.5) is 20.6 Å². The van der Waals surface area contributed by atoms with Crippen LogP contribution in [0.15, 0.2) is 66.7 Å². The number of carbonyl (C=O) groups is 1. The van der Waals surface area contributed by atoms with E-state index < -0.39 is 11.8 Å². The zero-order chi connectivity index (χ0) is 19.2. The molecule has 27 heavy (non-hydrogen) atoms. The first-order valence-electron chi connectivity index (χ1n) is 8.39. The average Bonchev–Trinajstić information content (AvgIpc) is 2.66. The molecule has 0 aliphatic carbocycles. The lowest BCUT2D eigenvalue weighted by molar-refractivity contribution is 0.262. The second kappa shape index (κ2) is 8.66. The standard InChI is InChI=1S/C21H18ClFN2O2/c22-18-9-8-16(13-19(18)23)15-5-3-6-17(12-15)24-21(27)25-20-7-2-1-4-14(20)10-11-26/h1-9,12-13,26H,10-11H2,(H2,24,25,27). The molecule has 138 valence electrons. The van der Waals surface area contributed by atoms with Gasteiger partial charge in [0.15, 0.2) is 0 Å². The summed E-state index contributed by atoms with van der Waals surface area (Å²) < 4.78 is 13.7. The van der Waals surface area contributed by atoms with Crippen molar-refractivity contribution in [3.05, 3.63) is 83.1 Å². The van der Waals surface area contributed by atoms with Gasteiger partial charge in [-0.15, -0.1) is 0 Å². The predicted octanol–water partition coefficient (Wildman–Crippen LogP) is 5.32. The zero-order valence-electron chi connectivity index (χ0n) is 14.4. The molecule has 0 heterocycles. The maximum Gasteiger partial charge on any atom is 0.323 e. The highest BCUT2D eigenvalue weighted by Gasteiger charge is 2.08. The third kappa shape index (κ3) is 4.84. The molecule has 4 nitrogen and oxygen atoms in total. The van der Waals surface area contributed by atoms with Crippen LogP contribution in [-0.4, -0.2) is 17.7 Å². The number of carbonyl (C=O) groups excluding carboxylic acids is 1. The van der Waals surface area contributed by atoms with E-state index in [1.807, 2.05) is 24.3 Å². The minimum atomic E-state index is -0.495. The zero-order valence-corrected chi connectivity index (χ0v) is 15.1. The SMILES string of the molecule is O=C(Nc1cccc(-c2ccc(Cl)c(F)c2)c1)Nc1ccccc1CCO. The third-order valence-electron chi connectivity index (χ3n) is 4.02. The largest absolute Gasteiger partial charge is 0.396 e. The molecule has 3 N–H and O–H groups in total. The second-order valence-electron chi connectivity index (χ2n) is 5.92. The molecule has 0 atom stereocenters. The molecule has 0 aliphatic heterocycles. The van der Waals surface area contributed by atoms with Gasteiger partial charge in [-0.25, -0.2) is 9.18 Å². The number of rotatable bonds is 5. The van der Waals surface area contributed by atoms with Crippen LogP contribution < -0.4 is 10.6 Å². The first-order valence-corrected chi connectivity index (χ1v) is 8.77. The topological polar surface area (TPSA) is 61.4 Å². The maximum absolute atomic E-state index is 13.7. The molecule has 0 aliphatic rings. The summed E-state index contributed by atoms with van der Waals surface area (Å²) in [4.78, 5) is 12.3. The Kier molecular flexibility index (Phi) is 6.06. The fourth-order valence-electron chi connectivity index (χ4n) is 2.72. The highest BCUT2D eigenvalue weighted by molar-refractivity contribution is 6.30. The van der Waals surface area contributed by atoms with Gasteiger partial charge in [0.25, 0.3) is 0 Å². The van der Waals surface area contributed by atoms with Gasteiger partial charge in [0.2, 0.25) is 0 Å². The van der Waals surface area contributed by atoms with Gasteiger partial charge in [0, 0.05) is 18.0 Å². The van der Waals surface area contributed by atoms with E-state index in [1.165, 1.54) is 12.1 Å². The van der Waals surface area contributed by atoms with E-state index >= 15 is 0 Å². The Bertz CT molecular complexity index is 962. The number of para-hydroxylation sites is 1. The fraction of sp³-hybridized carbons (Fsp3) is 0.0952. The Morgan fingerprint density at radius 1 is 0.963 bits per heavy atom. The Morgan fingerprint density at radius 2 is 1.74 bits per heavy atom. The van der Waals surface area contributed by atoms with Gasteiger partial charge in [0.05, 0.1) is 5.02 Å². The molecule has 6 heteroatoms. The minimum absolute atomic E-state index is 0.00000932. The first-order chi connectivity index (χ1) is 13.1. The number of anilines is 2. The molecule has 0 saturated heterocycles. The van der Waals surface area contributed by atoms with Crippen LogP contribution in [0.2, 0.25) is 5.02 Å². The number of nitrogens with one attached hydrogen (secondary N) is 2. The Hall–Kier alpha value is -2.89. The van der Waals surface area contributed by atoms with Gasteiger partial charge in [-0.1, -0.05) is 48.0 Å². The van der Waals surface area contributed by atoms with E-state index in [2.05, 4.69) is 10.6 Å². The Morgan fingerprint density at radius 3 is 2.52 bits per heavy atom. The average molecular weight is 385 g/mol. The molecule has 0 unspecified atom stereocenters. The van der Waals surface area contributed by atoms with Crippen LogP contribution in [0.1, 0.15) is 5.56 Å². The van der Waals surface area contributed by atoms with Crippen molar-refractivity contribution in [1.29, 1.82) is 0 Å². The number of urea groups is 1. The van der Waals surface area contributed by atoms with Crippen molar-refractivity contribution in [3.63, 3.8) is 0 Å². The maximum atomic E-state index is 13.7. The predicted molar refractivity (Wildman–Crippen MR) is 107 cm³/mol. The quantitative estimate of drug-likeness (QED) is 0.557. The van der Waals surface area contributed by atoms with Crippen molar-refractivity contribution < 1.29 is 14.3 Å². The molecular formula is C21H18ClFN2O2. The molecule has 0 bridgehead atoms. The number of benzene rings is 3. The van der Waals surface area contributed by atoms with Crippen molar-refractivity contribution >= 4 is 29.0 Å². The summed E-state index contributed by atoms with van der Waals surface area (Å²) in [5.41, 5.74) is 3.47. The monoisotopic (exact) mass is 384 g/mol. The van der Waals surface area contributed by atoms with E-state index in [9.17, 15) is 9.18 Å². The molecule has 0 fully saturated rings. The van der Waals surface area contributed by atoms with Crippen LogP contribution in [0.3, 0.4) is 0 Å². The highest BCUT2D eigenvalue weighted by atomic mass is 35.5. The summed E-state index contributed by atoms with van der Waals surface area (Å²) in [6.45, 7) is 0.00000932. The van der Waals surface area contributed by atoms with Crippen molar-refractivity contribution in [2.24, 2.45) is 0 Å². The summed E-state index contributed by atoms with van der Waals surface area (Å²) in [5.74, 6) is -0.495. The van der Waals surface area contributed by atoms with E-state index in [4.69, 9.17) is 16.7 Å². The summed E-state index contributed by atoms with van der Waals surface area (Å²) in [7, 11) is 0. The minimum Gasteiger partial charge on any atom is -0.396 e. The van der Waals surface area contributed by atoms with Crippen molar-refractivity contribution in [2.45, 2.75) is 6.42 Å². The number of hydrogen-bond donors (Lipinski definition) is 3. The molecule has 2 amide bonds. The lowest BCUT2D eigenvalue weighted by Gasteiger charge is -2.12. The van der Waals surface area contributed by atoms with Crippen molar-refractivity contribution in [3.8, 4) is 11.1 Å². The normalized spacial score (nSPS) is 10.5. The highest BCUT2D eigenvalue weighted by Crippen LogP contribution is 2.26. The Labute approximate surface area is 161 Å². The number of aliphatic hydroxyl groups excluding tert-OH is 1. The lowest BCUT2D eigenvalue weighted by atomic mass is 10.1. The summed E-state index contributed by atoms with van der Waals surface area (Å²) in [5, 5.41) is 14.7. The van der Waals surface area contributed by atoms with E-state index in [-0.39, 0.29) is 11.6 Å². The number of aliphatic hydroxyl groups is 1. The van der Waals surface area contributed by atoms with Gasteiger partial charge in [-0.3, -0.25) is 0 Å². The van der Waals surface area contributed by atoms with Crippen LogP contribution in [0.5, 0.6) is 0 Å². The molecule has 0 saturated carbocycles. The van der Waals surface area contributed by atoms with E-state index in [0.717, 1.165) is 11.1 Å². The third-order valence-corrected chi connectivity index (χ3v) is 4.33. The summed E-state index contributed by atoms with van der Waals surface area (Å²) in [6, 6.07) is 18.5. The number of hydrogen-bond acceptors (Lipinski definition) is 2. The number of halogens is 2. The van der Waals surface area contributed by atoms with Gasteiger partial charge < -0.3 is 15.7 Å². The molecule has 3 aromatic carbocycles. The summed E-state index contributed by atoms with van der Waals surface area (Å²) >= 11 is 5.72. The van der Waals surface area contributed by atoms with Crippen molar-refractivity contribution in [1.82, 2.24) is 0 Å². The molecule has 3 rings (SSSR count). The molecular weight excluding hydrogens is 367 g/mol. The van der Waals surface area contributed by atoms with Crippen molar-refractivity contribution in [2.75, 3.05) is 17.2 Å². The van der Waals surface area contributed by atoms with Crippen LogP contribution in [-0.2, 0) is 6.42 Å². The van der Waals surface area contributed by atoms with Crippen LogP contribution in [0, 0.1) is 5.82 Å². The number of amides is 2. The van der Waals surface area contributed by atoms with Gasteiger partial charge in [-0.2, -0.15) is 0 Å². The summed E-state index contributed by atoms with van der Waals surface area (Å²) in [6.07, 6.45) is 0.452. The smallest absolute Gasteiger partial charge is 0.323 e. The first kappa shape index (κ1) is 18.9. The Balaban J connectivity index is 1.74. The second-order valence-corrected chi connectivity index (χ2v) is 6.33. The van der Waals surface area contributed by atoms with Gasteiger partial charge >= 0.3 is 6.03 Å². The molecule has 0 aromatic heterocycles. The van der Waals surface area contributed by atoms with Gasteiger partial charge in [0.1, 0.15) is 5.82 Å². The lowest BCUT2D eigenvalue weighted by Crippen LogP contribution is -2.20. The van der Waals surface area contributed by atoms with E-state index in [0.29, 0.717) is 23.4 Å². The van der Waals surface area contributed by atoms with E-state index in [1.54, 1.807) is 30.3 Å².